The second-order valence-electron chi connectivity index (χ2n) is 5.98. The van der Waals surface area contributed by atoms with Gasteiger partial charge in [-0.2, -0.15) is 11.8 Å². The van der Waals surface area contributed by atoms with E-state index in [1.807, 2.05) is 0 Å². The van der Waals surface area contributed by atoms with Crippen molar-refractivity contribution < 1.29 is 0 Å². The highest BCUT2D eigenvalue weighted by Crippen LogP contribution is 2.25. The smallest absolute Gasteiger partial charge is 0.0294 e. The van der Waals surface area contributed by atoms with Gasteiger partial charge in [0.15, 0.2) is 0 Å². The molecule has 1 aliphatic heterocycles. The van der Waals surface area contributed by atoms with Crippen LogP contribution in [-0.2, 0) is 0 Å². The van der Waals surface area contributed by atoms with Gasteiger partial charge in [-0.05, 0) is 86.8 Å². The molecule has 19 heavy (non-hydrogen) atoms. The Balaban J connectivity index is 1.95. The summed E-state index contributed by atoms with van der Waals surface area (Å²) in [5.74, 6) is 3.59. The Morgan fingerprint density at radius 2 is 1.74 bits per heavy atom. The summed E-state index contributed by atoms with van der Waals surface area (Å²) in [4.78, 5) is 0. The van der Waals surface area contributed by atoms with Gasteiger partial charge in [-0.3, -0.25) is 0 Å². The number of hydrogen-bond donors (Lipinski definition) is 1. The van der Waals surface area contributed by atoms with Crippen LogP contribution in [0.2, 0.25) is 0 Å². The lowest BCUT2D eigenvalue weighted by molar-refractivity contribution is 0.420. The molecule has 1 heterocycles. The SMILES string of the molecule is Cc1cc(C)c(C(C)NCC2CCSCC2)cc1C. The molecule has 0 radical (unpaired) electrons. The normalized spacial score (nSPS) is 18.5. The highest BCUT2D eigenvalue weighted by molar-refractivity contribution is 7.99. The van der Waals surface area contributed by atoms with Crippen molar-refractivity contribution in [1.29, 1.82) is 0 Å². The van der Waals surface area contributed by atoms with E-state index in [4.69, 9.17) is 0 Å². The zero-order valence-corrected chi connectivity index (χ0v) is 13.6. The molecule has 1 saturated heterocycles. The Kier molecular flexibility index (Phi) is 5.35. The molecule has 0 saturated carbocycles. The largest absolute Gasteiger partial charge is 0.310 e. The van der Waals surface area contributed by atoms with Crippen LogP contribution in [0.15, 0.2) is 12.1 Å². The maximum Gasteiger partial charge on any atom is 0.0294 e. The van der Waals surface area contributed by atoms with E-state index in [-0.39, 0.29) is 0 Å². The molecule has 1 aliphatic rings. The van der Waals surface area contributed by atoms with Gasteiger partial charge in [0.2, 0.25) is 0 Å². The molecular formula is C17H27NS. The molecule has 1 fully saturated rings. The lowest BCUT2D eigenvalue weighted by Gasteiger charge is -2.25. The fourth-order valence-corrected chi connectivity index (χ4v) is 4.06. The van der Waals surface area contributed by atoms with Crippen LogP contribution in [0.25, 0.3) is 0 Å². The van der Waals surface area contributed by atoms with Crippen LogP contribution >= 0.6 is 11.8 Å². The van der Waals surface area contributed by atoms with Gasteiger partial charge in [0.25, 0.3) is 0 Å². The lowest BCUT2D eigenvalue weighted by atomic mass is 9.95. The Morgan fingerprint density at radius 3 is 2.42 bits per heavy atom. The summed E-state index contributed by atoms with van der Waals surface area (Å²) in [6.07, 6.45) is 2.77. The summed E-state index contributed by atoms with van der Waals surface area (Å²) in [6, 6.07) is 5.15. The molecule has 1 unspecified atom stereocenters. The standard InChI is InChI=1S/C17H27NS/c1-12-9-14(3)17(10-13(12)2)15(4)18-11-16-5-7-19-8-6-16/h9-10,15-16,18H,5-8,11H2,1-4H3. The number of aryl methyl sites for hydroxylation is 3. The van der Waals surface area contributed by atoms with Crippen LogP contribution in [0.3, 0.4) is 0 Å². The van der Waals surface area contributed by atoms with Crippen molar-refractivity contribution in [3.63, 3.8) is 0 Å². The molecule has 1 aromatic rings. The Morgan fingerprint density at radius 1 is 1.11 bits per heavy atom. The van der Waals surface area contributed by atoms with E-state index in [2.05, 4.69) is 56.9 Å². The van der Waals surface area contributed by atoms with Crippen LogP contribution in [0, 0.1) is 26.7 Å². The molecule has 1 nitrogen and oxygen atoms in total. The number of benzene rings is 1. The van der Waals surface area contributed by atoms with E-state index in [1.54, 1.807) is 0 Å². The molecular weight excluding hydrogens is 250 g/mol. The van der Waals surface area contributed by atoms with Crippen LogP contribution < -0.4 is 5.32 Å². The number of hydrogen-bond acceptors (Lipinski definition) is 2. The van der Waals surface area contributed by atoms with Gasteiger partial charge < -0.3 is 5.32 Å². The molecule has 0 amide bonds. The summed E-state index contributed by atoms with van der Waals surface area (Å²) in [5, 5.41) is 3.75. The Bertz CT molecular complexity index is 422. The maximum atomic E-state index is 3.75. The highest BCUT2D eigenvalue weighted by Gasteiger charge is 2.16. The summed E-state index contributed by atoms with van der Waals surface area (Å²) in [5.41, 5.74) is 5.69. The first kappa shape index (κ1) is 14.9. The zero-order valence-electron chi connectivity index (χ0n) is 12.8. The van der Waals surface area contributed by atoms with Gasteiger partial charge >= 0.3 is 0 Å². The first-order valence-corrected chi connectivity index (χ1v) is 8.62. The summed E-state index contributed by atoms with van der Waals surface area (Å²) >= 11 is 2.11. The molecule has 106 valence electrons. The Labute approximate surface area is 122 Å². The molecule has 2 heteroatoms. The molecule has 1 N–H and O–H groups in total. The summed E-state index contributed by atoms with van der Waals surface area (Å²) in [6.45, 7) is 10.1. The third-order valence-corrected chi connectivity index (χ3v) is 5.45. The third kappa shape index (κ3) is 4.00. The van der Waals surface area contributed by atoms with E-state index in [1.165, 1.54) is 53.1 Å². The van der Waals surface area contributed by atoms with Gasteiger partial charge in [0.05, 0.1) is 0 Å². The average Bonchev–Trinajstić information content (AvgIpc) is 2.41. The van der Waals surface area contributed by atoms with Crippen LogP contribution in [0.5, 0.6) is 0 Å². The minimum absolute atomic E-state index is 0.467. The van der Waals surface area contributed by atoms with E-state index in [9.17, 15) is 0 Å². The highest BCUT2D eigenvalue weighted by atomic mass is 32.2. The lowest BCUT2D eigenvalue weighted by Crippen LogP contribution is -2.28. The van der Waals surface area contributed by atoms with Gasteiger partial charge in [-0.1, -0.05) is 12.1 Å². The van der Waals surface area contributed by atoms with Crippen molar-refractivity contribution in [2.45, 2.75) is 46.6 Å². The average molecular weight is 277 g/mol. The predicted molar refractivity (Wildman–Crippen MR) is 87.1 cm³/mol. The zero-order chi connectivity index (χ0) is 13.8. The third-order valence-electron chi connectivity index (χ3n) is 4.40. The minimum Gasteiger partial charge on any atom is -0.310 e. The molecule has 0 aliphatic carbocycles. The van der Waals surface area contributed by atoms with Crippen molar-refractivity contribution >= 4 is 11.8 Å². The quantitative estimate of drug-likeness (QED) is 0.875. The minimum atomic E-state index is 0.467. The van der Waals surface area contributed by atoms with Gasteiger partial charge in [0, 0.05) is 6.04 Å². The number of thioether (sulfide) groups is 1. The molecule has 0 aromatic heterocycles. The van der Waals surface area contributed by atoms with E-state index < -0.39 is 0 Å². The molecule has 2 rings (SSSR count). The Hall–Kier alpha value is -0.470. The second kappa shape index (κ2) is 6.81. The van der Waals surface area contributed by atoms with Gasteiger partial charge in [0.1, 0.15) is 0 Å². The monoisotopic (exact) mass is 277 g/mol. The van der Waals surface area contributed by atoms with Crippen molar-refractivity contribution in [3.05, 3.63) is 34.4 Å². The van der Waals surface area contributed by atoms with E-state index in [0.717, 1.165) is 5.92 Å². The topological polar surface area (TPSA) is 12.0 Å². The van der Waals surface area contributed by atoms with E-state index in [0.29, 0.717) is 6.04 Å². The molecule has 1 atom stereocenters. The molecule has 0 bridgehead atoms. The maximum absolute atomic E-state index is 3.75. The van der Waals surface area contributed by atoms with E-state index >= 15 is 0 Å². The van der Waals surface area contributed by atoms with Crippen molar-refractivity contribution in [1.82, 2.24) is 5.32 Å². The first-order chi connectivity index (χ1) is 9.08. The van der Waals surface area contributed by atoms with Crippen LogP contribution in [-0.4, -0.2) is 18.1 Å². The van der Waals surface area contributed by atoms with Crippen LogP contribution in [0.4, 0.5) is 0 Å². The van der Waals surface area contributed by atoms with Crippen molar-refractivity contribution in [2.75, 3.05) is 18.1 Å². The fourth-order valence-electron chi connectivity index (χ4n) is 2.85. The number of nitrogens with one attached hydrogen (secondary N) is 1. The second-order valence-corrected chi connectivity index (χ2v) is 7.20. The summed E-state index contributed by atoms with van der Waals surface area (Å²) in [7, 11) is 0. The molecule has 1 aromatic carbocycles. The first-order valence-electron chi connectivity index (χ1n) is 7.47. The van der Waals surface area contributed by atoms with Gasteiger partial charge in [-0.25, -0.2) is 0 Å². The van der Waals surface area contributed by atoms with Crippen LogP contribution in [0.1, 0.15) is 48.1 Å². The van der Waals surface area contributed by atoms with Gasteiger partial charge in [-0.15, -0.1) is 0 Å². The van der Waals surface area contributed by atoms with Crippen molar-refractivity contribution in [3.8, 4) is 0 Å². The molecule has 0 spiro atoms. The summed E-state index contributed by atoms with van der Waals surface area (Å²) < 4.78 is 0. The predicted octanol–water partition coefficient (Wildman–Crippen LogP) is 4.41. The number of rotatable bonds is 4. The fraction of sp³-hybridized carbons (Fsp3) is 0.647. The van der Waals surface area contributed by atoms with Crippen molar-refractivity contribution in [2.24, 2.45) is 5.92 Å².